The largest absolute Gasteiger partial charge is 0.497 e. The van der Waals surface area contributed by atoms with Crippen molar-refractivity contribution in [2.45, 2.75) is 19.5 Å². The highest BCUT2D eigenvalue weighted by molar-refractivity contribution is 6.30. The van der Waals surface area contributed by atoms with Gasteiger partial charge in [-0.15, -0.1) is 0 Å². The average molecular weight is 405 g/mol. The first-order chi connectivity index (χ1) is 14.2. The Morgan fingerprint density at radius 1 is 0.897 bits per heavy atom. The lowest BCUT2D eigenvalue weighted by atomic mass is 10.1. The van der Waals surface area contributed by atoms with Gasteiger partial charge in [-0.25, -0.2) is 0 Å². The van der Waals surface area contributed by atoms with E-state index in [1.807, 2.05) is 24.3 Å². The summed E-state index contributed by atoms with van der Waals surface area (Å²) in [4.78, 5) is 0. The van der Waals surface area contributed by atoms with Crippen molar-refractivity contribution in [1.82, 2.24) is 9.88 Å². The third-order valence-corrected chi connectivity index (χ3v) is 5.45. The number of halogens is 1. The van der Waals surface area contributed by atoms with Gasteiger partial charge in [0, 0.05) is 35.2 Å². The molecule has 1 aromatic heterocycles. The molecule has 4 heteroatoms. The topological polar surface area (TPSA) is 26.2 Å². The third kappa shape index (κ3) is 4.81. The van der Waals surface area contributed by atoms with Crippen molar-refractivity contribution in [2.75, 3.05) is 13.7 Å². The van der Waals surface area contributed by atoms with Crippen molar-refractivity contribution in [2.24, 2.45) is 0 Å². The number of nitrogens with zero attached hydrogens (tertiary/aromatic N) is 1. The summed E-state index contributed by atoms with van der Waals surface area (Å²) in [5.74, 6) is 0.898. The molecule has 0 aliphatic heterocycles. The number of aromatic nitrogens is 1. The van der Waals surface area contributed by atoms with Crippen LogP contribution in [0.3, 0.4) is 0 Å². The minimum Gasteiger partial charge on any atom is -0.497 e. The quantitative estimate of drug-likeness (QED) is 0.382. The third-order valence-electron chi connectivity index (χ3n) is 5.20. The molecule has 0 fully saturated rings. The predicted molar refractivity (Wildman–Crippen MR) is 121 cm³/mol. The summed E-state index contributed by atoms with van der Waals surface area (Å²) in [6.07, 6.45) is 3.26. The van der Waals surface area contributed by atoms with Gasteiger partial charge in [0.1, 0.15) is 5.75 Å². The molecular formula is C25H25ClN2O. The molecule has 4 rings (SSSR count). The Morgan fingerprint density at radius 2 is 1.62 bits per heavy atom. The lowest BCUT2D eigenvalue weighted by Crippen LogP contribution is -2.16. The number of nitrogens with one attached hydrogen (secondary N) is 1. The van der Waals surface area contributed by atoms with E-state index in [1.54, 1.807) is 7.11 Å². The Bertz CT molecular complexity index is 1070. The van der Waals surface area contributed by atoms with Crippen LogP contribution in [0.25, 0.3) is 10.9 Å². The van der Waals surface area contributed by atoms with E-state index in [9.17, 15) is 0 Å². The summed E-state index contributed by atoms with van der Waals surface area (Å²) >= 11 is 6.02. The van der Waals surface area contributed by atoms with Crippen molar-refractivity contribution >= 4 is 22.5 Å². The second-order valence-electron chi connectivity index (χ2n) is 7.20. The van der Waals surface area contributed by atoms with Crippen LogP contribution in [0, 0.1) is 0 Å². The van der Waals surface area contributed by atoms with Gasteiger partial charge in [0.15, 0.2) is 0 Å². The molecular weight excluding hydrogens is 380 g/mol. The lowest BCUT2D eigenvalue weighted by Gasteiger charge is -2.06. The molecule has 1 heterocycles. The van der Waals surface area contributed by atoms with Crippen molar-refractivity contribution < 1.29 is 4.74 Å². The Kier molecular flexibility index (Phi) is 6.18. The van der Waals surface area contributed by atoms with Crippen molar-refractivity contribution in [3.8, 4) is 5.75 Å². The van der Waals surface area contributed by atoms with Crippen LogP contribution in [0.2, 0.25) is 5.02 Å². The fraction of sp³-hybridized carbons (Fsp3) is 0.200. The highest BCUT2D eigenvalue weighted by atomic mass is 35.5. The van der Waals surface area contributed by atoms with Crippen LogP contribution >= 0.6 is 11.6 Å². The first-order valence-electron chi connectivity index (χ1n) is 9.88. The minimum atomic E-state index is 0.771. The second kappa shape index (κ2) is 9.17. The zero-order valence-corrected chi connectivity index (χ0v) is 17.3. The maximum atomic E-state index is 6.02. The van der Waals surface area contributed by atoms with Crippen molar-refractivity contribution in [3.05, 3.63) is 101 Å². The maximum absolute atomic E-state index is 6.02. The maximum Gasteiger partial charge on any atom is 0.118 e. The van der Waals surface area contributed by atoms with E-state index in [0.717, 1.165) is 36.8 Å². The van der Waals surface area contributed by atoms with E-state index < -0.39 is 0 Å². The van der Waals surface area contributed by atoms with Crippen LogP contribution in [-0.4, -0.2) is 18.2 Å². The van der Waals surface area contributed by atoms with Crippen LogP contribution in [0.1, 0.15) is 16.7 Å². The monoisotopic (exact) mass is 404 g/mol. The van der Waals surface area contributed by atoms with Gasteiger partial charge in [0.05, 0.1) is 7.11 Å². The summed E-state index contributed by atoms with van der Waals surface area (Å²) in [6.45, 7) is 2.62. The van der Waals surface area contributed by atoms with Gasteiger partial charge in [-0.2, -0.15) is 0 Å². The number of ether oxygens (including phenoxy) is 1. The molecule has 0 unspecified atom stereocenters. The van der Waals surface area contributed by atoms with Gasteiger partial charge in [-0.3, -0.25) is 0 Å². The zero-order valence-electron chi connectivity index (χ0n) is 16.6. The molecule has 29 heavy (non-hydrogen) atoms. The second-order valence-corrected chi connectivity index (χ2v) is 7.64. The molecule has 3 aromatic carbocycles. The number of methoxy groups -OCH3 is 1. The standard InChI is InChI=1S/C25H25ClN2O/c1-29-23-12-8-19(9-13-23)14-15-27-16-21-18-28(25-5-3-2-4-24(21)25)17-20-6-10-22(26)11-7-20/h2-13,18,27H,14-17H2,1H3. The summed E-state index contributed by atoms with van der Waals surface area (Å²) in [5, 5.41) is 5.67. The van der Waals surface area contributed by atoms with Gasteiger partial charge in [-0.1, -0.05) is 54.1 Å². The van der Waals surface area contributed by atoms with E-state index in [0.29, 0.717) is 0 Å². The fourth-order valence-corrected chi connectivity index (χ4v) is 3.76. The van der Waals surface area contributed by atoms with Gasteiger partial charge >= 0.3 is 0 Å². The first-order valence-corrected chi connectivity index (χ1v) is 10.3. The highest BCUT2D eigenvalue weighted by Crippen LogP contribution is 2.23. The van der Waals surface area contributed by atoms with Gasteiger partial charge in [0.25, 0.3) is 0 Å². The molecule has 0 amide bonds. The summed E-state index contributed by atoms with van der Waals surface area (Å²) in [5.41, 5.74) is 5.14. The van der Waals surface area contributed by atoms with Crippen LogP contribution < -0.4 is 10.1 Å². The lowest BCUT2D eigenvalue weighted by molar-refractivity contribution is 0.414. The molecule has 0 aliphatic carbocycles. The van der Waals surface area contributed by atoms with Crippen molar-refractivity contribution in [3.63, 3.8) is 0 Å². The Hall–Kier alpha value is -2.75. The van der Waals surface area contributed by atoms with Crippen molar-refractivity contribution in [1.29, 1.82) is 0 Å². The predicted octanol–water partition coefficient (Wildman–Crippen LogP) is 5.68. The van der Waals surface area contributed by atoms with Crippen LogP contribution in [0.5, 0.6) is 5.75 Å². The molecule has 0 atom stereocenters. The molecule has 0 spiro atoms. The van der Waals surface area contributed by atoms with E-state index >= 15 is 0 Å². The number of benzene rings is 3. The zero-order chi connectivity index (χ0) is 20.1. The molecule has 0 aliphatic rings. The molecule has 4 aromatic rings. The summed E-state index contributed by atoms with van der Waals surface area (Å²) < 4.78 is 7.54. The number of fused-ring (bicyclic) bond motifs is 1. The van der Waals surface area contributed by atoms with Gasteiger partial charge in [0.2, 0.25) is 0 Å². The molecule has 0 radical (unpaired) electrons. The molecule has 0 saturated carbocycles. The summed E-state index contributed by atoms with van der Waals surface area (Å²) in [7, 11) is 1.69. The smallest absolute Gasteiger partial charge is 0.118 e. The minimum absolute atomic E-state index is 0.771. The Balaban J connectivity index is 1.42. The van der Waals surface area contributed by atoms with Crippen LogP contribution in [0.4, 0.5) is 0 Å². The molecule has 3 nitrogen and oxygen atoms in total. The number of para-hydroxylation sites is 1. The normalized spacial score (nSPS) is 11.1. The molecule has 1 N–H and O–H groups in total. The van der Waals surface area contributed by atoms with Gasteiger partial charge in [-0.05, 0) is 60.0 Å². The van der Waals surface area contributed by atoms with E-state index in [1.165, 1.54) is 27.6 Å². The molecule has 0 bridgehead atoms. The van der Waals surface area contributed by atoms with E-state index in [2.05, 4.69) is 64.6 Å². The number of hydrogen-bond acceptors (Lipinski definition) is 2. The molecule has 0 saturated heterocycles. The Morgan fingerprint density at radius 3 is 2.38 bits per heavy atom. The van der Waals surface area contributed by atoms with E-state index in [-0.39, 0.29) is 0 Å². The fourth-order valence-electron chi connectivity index (χ4n) is 3.63. The highest BCUT2D eigenvalue weighted by Gasteiger charge is 2.08. The molecule has 148 valence electrons. The Labute approximate surface area is 176 Å². The summed E-state index contributed by atoms with van der Waals surface area (Å²) in [6, 6.07) is 24.9. The first kappa shape index (κ1) is 19.6. The SMILES string of the molecule is COc1ccc(CCNCc2cn(Cc3ccc(Cl)cc3)c3ccccc23)cc1. The van der Waals surface area contributed by atoms with E-state index in [4.69, 9.17) is 16.3 Å². The number of rotatable bonds is 8. The van der Waals surface area contributed by atoms with Crippen LogP contribution in [-0.2, 0) is 19.5 Å². The van der Waals surface area contributed by atoms with Crippen LogP contribution in [0.15, 0.2) is 79.0 Å². The number of hydrogen-bond donors (Lipinski definition) is 1. The van der Waals surface area contributed by atoms with Gasteiger partial charge < -0.3 is 14.6 Å². The average Bonchev–Trinajstić information content (AvgIpc) is 3.11.